The highest BCUT2D eigenvalue weighted by Gasteiger charge is 2.29. The van der Waals surface area contributed by atoms with Gasteiger partial charge in [-0.1, -0.05) is 30.7 Å². The normalized spacial score (nSPS) is 18.7. The van der Waals surface area contributed by atoms with Gasteiger partial charge in [-0.15, -0.1) is 0 Å². The van der Waals surface area contributed by atoms with Crippen molar-refractivity contribution >= 4 is 15.7 Å². The minimum absolute atomic E-state index is 0.0639. The van der Waals surface area contributed by atoms with Crippen LogP contribution in [0.2, 0.25) is 0 Å². The van der Waals surface area contributed by atoms with Gasteiger partial charge in [-0.25, -0.2) is 12.8 Å². The second kappa shape index (κ2) is 9.71. The van der Waals surface area contributed by atoms with Crippen LogP contribution in [0.4, 0.5) is 4.39 Å². The van der Waals surface area contributed by atoms with Gasteiger partial charge in [0.15, 0.2) is 9.84 Å². The van der Waals surface area contributed by atoms with Crippen LogP contribution in [0.1, 0.15) is 44.2 Å². The van der Waals surface area contributed by atoms with Gasteiger partial charge < -0.3 is 5.32 Å². The topological polar surface area (TPSA) is 66.5 Å². The molecule has 0 radical (unpaired) electrons. The van der Waals surface area contributed by atoms with E-state index in [1.165, 1.54) is 38.3 Å². The van der Waals surface area contributed by atoms with E-state index in [0.717, 1.165) is 36.3 Å². The molecule has 0 saturated carbocycles. The quantitative estimate of drug-likeness (QED) is 0.678. The van der Waals surface area contributed by atoms with Gasteiger partial charge in [-0.3, -0.25) is 9.69 Å². The fourth-order valence-electron chi connectivity index (χ4n) is 3.79. The van der Waals surface area contributed by atoms with Crippen molar-refractivity contribution in [3.05, 3.63) is 65.5 Å². The molecule has 1 aliphatic rings. The highest BCUT2D eigenvalue weighted by molar-refractivity contribution is 7.92. The molecule has 0 aliphatic carbocycles. The highest BCUT2D eigenvalue weighted by atomic mass is 32.2. The number of carbonyl (C=O) groups is 1. The van der Waals surface area contributed by atoms with E-state index in [9.17, 15) is 17.6 Å². The summed E-state index contributed by atoms with van der Waals surface area (Å²) in [5.41, 5.74) is 2.12. The molecule has 5 nitrogen and oxygen atoms in total. The zero-order chi connectivity index (χ0) is 21.7. The molecule has 1 fully saturated rings. The summed E-state index contributed by atoms with van der Waals surface area (Å²) in [6.07, 6.45) is 3.65. The molecule has 30 heavy (non-hydrogen) atoms. The monoisotopic (exact) mass is 432 g/mol. The molecular formula is C23H29FN2O3S. The number of rotatable bonds is 7. The number of hydrogen-bond acceptors (Lipinski definition) is 4. The SMILES string of the molecule is CC1CCCCN1Cc1ccccc1CNC(=O)C(C)S(=O)(=O)c1ccc(F)cc1. The second-order valence-corrected chi connectivity index (χ2v) is 10.2. The van der Waals surface area contributed by atoms with Gasteiger partial charge in [-0.05, 0) is 68.6 Å². The maximum absolute atomic E-state index is 13.1. The van der Waals surface area contributed by atoms with Crippen molar-refractivity contribution in [2.24, 2.45) is 0 Å². The van der Waals surface area contributed by atoms with E-state index in [1.54, 1.807) is 0 Å². The predicted octanol–water partition coefficient (Wildman–Crippen LogP) is 3.68. The number of piperidine rings is 1. The average molecular weight is 433 g/mol. The molecule has 7 heteroatoms. The van der Waals surface area contributed by atoms with Gasteiger partial charge in [0.1, 0.15) is 11.1 Å². The average Bonchev–Trinajstić information content (AvgIpc) is 2.74. The van der Waals surface area contributed by atoms with E-state index in [0.29, 0.717) is 6.04 Å². The third kappa shape index (κ3) is 5.26. The zero-order valence-electron chi connectivity index (χ0n) is 17.5. The van der Waals surface area contributed by atoms with E-state index in [-0.39, 0.29) is 11.4 Å². The summed E-state index contributed by atoms with van der Waals surface area (Å²) < 4.78 is 38.4. The molecule has 1 saturated heterocycles. The predicted molar refractivity (Wildman–Crippen MR) is 115 cm³/mol. The van der Waals surface area contributed by atoms with Crippen LogP contribution in [0.15, 0.2) is 53.4 Å². The van der Waals surface area contributed by atoms with Crippen molar-refractivity contribution in [3.8, 4) is 0 Å². The summed E-state index contributed by atoms with van der Waals surface area (Å²) in [6.45, 7) is 5.74. The number of halogens is 1. The van der Waals surface area contributed by atoms with Gasteiger partial charge in [0.05, 0.1) is 4.90 Å². The lowest BCUT2D eigenvalue weighted by atomic mass is 10.0. The Morgan fingerprint density at radius 1 is 1.13 bits per heavy atom. The zero-order valence-corrected chi connectivity index (χ0v) is 18.3. The molecule has 2 unspecified atom stereocenters. The summed E-state index contributed by atoms with van der Waals surface area (Å²) in [5.74, 6) is -1.09. The van der Waals surface area contributed by atoms with Gasteiger partial charge in [-0.2, -0.15) is 0 Å². The molecule has 1 N–H and O–H groups in total. The van der Waals surface area contributed by atoms with Crippen LogP contribution in [0.25, 0.3) is 0 Å². The number of carbonyl (C=O) groups excluding carboxylic acids is 1. The first-order valence-corrected chi connectivity index (χ1v) is 11.9. The summed E-state index contributed by atoms with van der Waals surface area (Å²) in [7, 11) is -3.89. The van der Waals surface area contributed by atoms with Crippen LogP contribution < -0.4 is 5.32 Å². The largest absolute Gasteiger partial charge is 0.351 e. The fraction of sp³-hybridized carbons (Fsp3) is 0.435. The summed E-state index contributed by atoms with van der Waals surface area (Å²) in [4.78, 5) is 15.0. The Labute approximate surface area is 178 Å². The maximum atomic E-state index is 13.1. The van der Waals surface area contributed by atoms with Crippen molar-refractivity contribution < 1.29 is 17.6 Å². The van der Waals surface area contributed by atoms with Gasteiger partial charge in [0.25, 0.3) is 0 Å². The lowest BCUT2D eigenvalue weighted by molar-refractivity contribution is -0.120. The van der Waals surface area contributed by atoms with E-state index < -0.39 is 26.8 Å². The van der Waals surface area contributed by atoms with Crippen LogP contribution in [-0.2, 0) is 27.7 Å². The summed E-state index contributed by atoms with van der Waals surface area (Å²) in [6, 6.07) is 13.0. The maximum Gasteiger partial charge on any atom is 0.238 e. The first kappa shape index (κ1) is 22.4. The molecule has 1 heterocycles. The van der Waals surface area contributed by atoms with Crippen molar-refractivity contribution in [2.75, 3.05) is 6.54 Å². The Bertz CT molecular complexity index is 976. The van der Waals surface area contributed by atoms with Gasteiger partial charge >= 0.3 is 0 Å². The van der Waals surface area contributed by atoms with E-state index in [2.05, 4.69) is 23.2 Å². The molecular weight excluding hydrogens is 403 g/mol. The lowest BCUT2D eigenvalue weighted by Gasteiger charge is -2.33. The smallest absolute Gasteiger partial charge is 0.238 e. The van der Waals surface area contributed by atoms with Gasteiger partial charge in [0.2, 0.25) is 5.91 Å². The Hall–Kier alpha value is -2.25. The van der Waals surface area contributed by atoms with Crippen LogP contribution in [-0.4, -0.2) is 37.1 Å². The number of benzene rings is 2. The summed E-state index contributed by atoms with van der Waals surface area (Å²) >= 11 is 0. The van der Waals surface area contributed by atoms with Crippen molar-refractivity contribution in [2.45, 2.75) is 62.4 Å². The van der Waals surface area contributed by atoms with Crippen LogP contribution in [0.5, 0.6) is 0 Å². The Morgan fingerprint density at radius 3 is 2.47 bits per heavy atom. The molecule has 2 aromatic rings. The van der Waals surface area contributed by atoms with Crippen LogP contribution in [0, 0.1) is 5.82 Å². The molecule has 1 amide bonds. The van der Waals surface area contributed by atoms with E-state index in [1.807, 2.05) is 18.2 Å². The third-order valence-corrected chi connectivity index (χ3v) is 7.94. The molecule has 2 aromatic carbocycles. The Kier molecular flexibility index (Phi) is 7.26. The highest BCUT2D eigenvalue weighted by Crippen LogP contribution is 2.21. The summed E-state index contributed by atoms with van der Waals surface area (Å²) in [5, 5.41) is 1.50. The number of likely N-dealkylation sites (tertiary alicyclic amines) is 1. The number of hydrogen-bond donors (Lipinski definition) is 1. The van der Waals surface area contributed by atoms with E-state index >= 15 is 0 Å². The van der Waals surface area contributed by atoms with Gasteiger partial charge in [0, 0.05) is 19.1 Å². The number of nitrogens with zero attached hydrogens (tertiary/aromatic N) is 1. The van der Waals surface area contributed by atoms with Crippen LogP contribution >= 0.6 is 0 Å². The standard InChI is InChI=1S/C23H29FN2O3S/c1-17-7-5-6-14-26(17)16-20-9-4-3-8-19(20)15-25-23(27)18(2)30(28,29)22-12-10-21(24)11-13-22/h3-4,8-13,17-18H,5-7,14-16H2,1-2H3,(H,25,27). The van der Waals surface area contributed by atoms with Crippen molar-refractivity contribution in [1.29, 1.82) is 0 Å². The molecule has 162 valence electrons. The molecule has 3 rings (SSSR count). The van der Waals surface area contributed by atoms with Crippen LogP contribution in [0.3, 0.4) is 0 Å². The molecule has 0 aromatic heterocycles. The first-order valence-electron chi connectivity index (χ1n) is 10.4. The van der Waals surface area contributed by atoms with Crippen molar-refractivity contribution in [3.63, 3.8) is 0 Å². The number of sulfone groups is 1. The first-order chi connectivity index (χ1) is 14.3. The minimum atomic E-state index is -3.89. The lowest BCUT2D eigenvalue weighted by Crippen LogP contribution is -2.38. The third-order valence-electron chi connectivity index (χ3n) is 5.86. The van der Waals surface area contributed by atoms with Crippen molar-refractivity contribution in [1.82, 2.24) is 10.2 Å². The van der Waals surface area contributed by atoms with E-state index in [4.69, 9.17) is 0 Å². The minimum Gasteiger partial charge on any atom is -0.351 e. The molecule has 0 bridgehead atoms. The number of nitrogens with one attached hydrogen (secondary N) is 1. The Morgan fingerprint density at radius 2 is 1.80 bits per heavy atom. The number of amides is 1. The molecule has 2 atom stereocenters. The molecule has 1 aliphatic heterocycles. The fourth-order valence-corrected chi connectivity index (χ4v) is 5.08. The Balaban J connectivity index is 1.66. The molecule has 0 spiro atoms. The second-order valence-electron chi connectivity index (χ2n) is 7.94.